The Hall–Kier alpha value is -1.53. The number of ether oxygens (including phenoxy) is 2. The van der Waals surface area contributed by atoms with Gasteiger partial charge < -0.3 is 9.47 Å². The zero-order valence-electron chi connectivity index (χ0n) is 16.2. The van der Waals surface area contributed by atoms with E-state index in [-0.39, 0.29) is 36.1 Å². The predicted molar refractivity (Wildman–Crippen MR) is 102 cm³/mol. The number of rotatable bonds is 8. The van der Waals surface area contributed by atoms with Crippen LogP contribution in [0.5, 0.6) is 0 Å². The Kier molecular flexibility index (Phi) is 7.57. The van der Waals surface area contributed by atoms with Gasteiger partial charge in [0, 0.05) is 19.6 Å². The van der Waals surface area contributed by atoms with Crippen molar-refractivity contribution in [1.29, 1.82) is 0 Å². The second kappa shape index (κ2) is 9.31. The predicted octanol–water partition coefficient (Wildman–Crippen LogP) is 0.670. The van der Waals surface area contributed by atoms with E-state index in [1.54, 1.807) is 20.8 Å². The fourth-order valence-electron chi connectivity index (χ4n) is 2.87. The number of sulfonamides is 2. The average Bonchev–Trinajstić information content (AvgIpc) is 2.69. The van der Waals surface area contributed by atoms with Gasteiger partial charge in [-0.1, -0.05) is 13.8 Å². The summed E-state index contributed by atoms with van der Waals surface area (Å²) in [4.78, 5) is 11.8. The first-order valence-electron chi connectivity index (χ1n) is 9.07. The minimum absolute atomic E-state index is 0.0292. The smallest absolute Gasteiger partial charge is 0.336 e. The van der Waals surface area contributed by atoms with Crippen LogP contribution in [0.25, 0.3) is 0 Å². The monoisotopic (exact) mass is 434 g/mol. The quantitative estimate of drug-likeness (QED) is 0.553. The zero-order chi connectivity index (χ0) is 20.9. The summed E-state index contributed by atoms with van der Waals surface area (Å²) >= 11 is 0. The Morgan fingerprint density at radius 3 is 2.21 bits per heavy atom. The second-order valence-corrected chi connectivity index (χ2v) is 9.91. The van der Waals surface area contributed by atoms with Crippen molar-refractivity contribution in [3.8, 4) is 0 Å². The number of benzene rings is 1. The highest BCUT2D eigenvalue weighted by Gasteiger charge is 2.35. The van der Waals surface area contributed by atoms with Crippen LogP contribution >= 0.6 is 0 Å². The van der Waals surface area contributed by atoms with Gasteiger partial charge in [-0.15, -0.1) is 0 Å². The third-order valence-electron chi connectivity index (χ3n) is 4.38. The molecule has 0 aliphatic carbocycles. The molecular weight excluding hydrogens is 408 g/mol. The van der Waals surface area contributed by atoms with Crippen LogP contribution in [-0.2, 0) is 34.3 Å². The summed E-state index contributed by atoms with van der Waals surface area (Å²) in [5.74, 6) is -0.608. The van der Waals surface area contributed by atoms with Gasteiger partial charge in [-0.25, -0.2) is 21.6 Å². The molecule has 0 spiro atoms. The second-order valence-electron chi connectivity index (χ2n) is 6.04. The Balaban J connectivity index is 2.23. The maximum atomic E-state index is 12.9. The van der Waals surface area contributed by atoms with E-state index in [0.717, 1.165) is 4.31 Å². The largest absolute Gasteiger partial charge is 0.464 e. The summed E-state index contributed by atoms with van der Waals surface area (Å²) in [6.45, 7) is 5.95. The molecule has 0 amide bonds. The van der Waals surface area contributed by atoms with Crippen LogP contribution in [0.3, 0.4) is 0 Å². The van der Waals surface area contributed by atoms with E-state index >= 15 is 0 Å². The Morgan fingerprint density at radius 2 is 1.68 bits per heavy atom. The normalized spacial score (nSPS) is 18.9. The van der Waals surface area contributed by atoms with E-state index in [4.69, 9.17) is 9.47 Å². The van der Waals surface area contributed by atoms with Crippen LogP contribution in [0, 0.1) is 0 Å². The van der Waals surface area contributed by atoms with Crippen molar-refractivity contribution in [3.63, 3.8) is 0 Å². The molecule has 1 fully saturated rings. The van der Waals surface area contributed by atoms with Gasteiger partial charge in [0.1, 0.15) is 0 Å². The molecule has 1 heterocycles. The van der Waals surface area contributed by atoms with E-state index in [1.165, 1.54) is 28.6 Å². The van der Waals surface area contributed by atoms with Gasteiger partial charge in [-0.3, -0.25) is 0 Å². The van der Waals surface area contributed by atoms with E-state index < -0.39 is 32.1 Å². The molecule has 11 heteroatoms. The number of hydrogen-bond acceptors (Lipinski definition) is 7. The van der Waals surface area contributed by atoms with Crippen molar-refractivity contribution in [2.75, 3.05) is 39.4 Å². The first-order valence-corrected chi connectivity index (χ1v) is 11.9. The van der Waals surface area contributed by atoms with Gasteiger partial charge in [0.05, 0.1) is 29.5 Å². The molecule has 2 rings (SSSR count). The average molecular weight is 435 g/mol. The molecule has 1 aromatic rings. The Bertz CT molecular complexity index is 879. The molecule has 0 radical (unpaired) electrons. The summed E-state index contributed by atoms with van der Waals surface area (Å²) in [5.41, 5.74) is 0. The molecule has 1 unspecified atom stereocenters. The molecule has 0 saturated carbocycles. The highest BCUT2D eigenvalue weighted by molar-refractivity contribution is 7.89. The van der Waals surface area contributed by atoms with Crippen LogP contribution in [0.2, 0.25) is 0 Å². The molecule has 1 aliphatic heterocycles. The molecule has 0 bridgehead atoms. The molecule has 0 N–H and O–H groups in total. The molecule has 0 aromatic heterocycles. The first kappa shape index (κ1) is 22.8. The molecule has 1 atom stereocenters. The summed E-state index contributed by atoms with van der Waals surface area (Å²) in [6.07, 6.45) is -0.981. The van der Waals surface area contributed by atoms with Crippen LogP contribution in [0.1, 0.15) is 20.8 Å². The minimum atomic E-state index is -3.90. The van der Waals surface area contributed by atoms with Gasteiger partial charge in [-0.05, 0) is 31.2 Å². The summed E-state index contributed by atoms with van der Waals surface area (Å²) in [5, 5.41) is 0. The van der Waals surface area contributed by atoms with Crippen LogP contribution in [-0.4, -0.2) is 76.9 Å². The third kappa shape index (κ3) is 4.71. The lowest BCUT2D eigenvalue weighted by Crippen LogP contribution is -2.48. The van der Waals surface area contributed by atoms with E-state index in [2.05, 4.69) is 0 Å². The molecule has 9 nitrogen and oxygen atoms in total. The van der Waals surface area contributed by atoms with Crippen molar-refractivity contribution in [1.82, 2.24) is 8.61 Å². The highest BCUT2D eigenvalue weighted by atomic mass is 32.2. The molecular formula is C17H26N2O7S2. The van der Waals surface area contributed by atoms with Crippen LogP contribution < -0.4 is 0 Å². The van der Waals surface area contributed by atoms with Crippen molar-refractivity contribution in [3.05, 3.63) is 24.3 Å². The molecule has 28 heavy (non-hydrogen) atoms. The standard InChI is InChI=1S/C17H26N2O7S2/c1-4-18(5-2)27(21,22)14-7-9-15(10-8-14)28(23,24)19-11-12-26-16(13-19)17(20)25-6-3/h7-10,16H,4-6,11-13H2,1-3H3. The zero-order valence-corrected chi connectivity index (χ0v) is 17.8. The summed E-state index contributed by atoms with van der Waals surface area (Å²) in [6, 6.07) is 5.09. The van der Waals surface area contributed by atoms with E-state index in [1.807, 2.05) is 0 Å². The number of morpholine rings is 1. The number of carbonyl (C=O) groups excluding carboxylic acids is 1. The fourth-order valence-corrected chi connectivity index (χ4v) is 5.75. The van der Waals surface area contributed by atoms with Crippen molar-refractivity contribution >= 4 is 26.0 Å². The Labute approximate surface area is 166 Å². The lowest BCUT2D eigenvalue weighted by atomic mass is 10.3. The van der Waals surface area contributed by atoms with E-state index in [0.29, 0.717) is 13.1 Å². The third-order valence-corrected chi connectivity index (χ3v) is 8.33. The van der Waals surface area contributed by atoms with Gasteiger partial charge in [0.2, 0.25) is 20.0 Å². The van der Waals surface area contributed by atoms with Crippen molar-refractivity contribution in [2.45, 2.75) is 36.7 Å². The maximum absolute atomic E-state index is 12.9. The fraction of sp³-hybridized carbons (Fsp3) is 0.588. The van der Waals surface area contributed by atoms with Gasteiger partial charge in [0.15, 0.2) is 6.10 Å². The summed E-state index contributed by atoms with van der Waals surface area (Å²) < 4.78 is 63.5. The topological polar surface area (TPSA) is 110 Å². The summed E-state index contributed by atoms with van der Waals surface area (Å²) in [7, 11) is -7.57. The Morgan fingerprint density at radius 1 is 1.11 bits per heavy atom. The van der Waals surface area contributed by atoms with Crippen molar-refractivity contribution in [2.24, 2.45) is 0 Å². The molecule has 1 aromatic carbocycles. The maximum Gasteiger partial charge on any atom is 0.336 e. The van der Waals surface area contributed by atoms with Gasteiger partial charge >= 0.3 is 5.97 Å². The highest BCUT2D eigenvalue weighted by Crippen LogP contribution is 2.22. The first-order chi connectivity index (χ1) is 13.2. The number of hydrogen-bond donors (Lipinski definition) is 0. The van der Waals surface area contributed by atoms with Crippen molar-refractivity contribution < 1.29 is 31.1 Å². The minimum Gasteiger partial charge on any atom is -0.464 e. The van der Waals surface area contributed by atoms with E-state index in [9.17, 15) is 21.6 Å². The van der Waals surface area contributed by atoms with Gasteiger partial charge in [0.25, 0.3) is 0 Å². The number of esters is 1. The van der Waals surface area contributed by atoms with Crippen LogP contribution in [0.4, 0.5) is 0 Å². The van der Waals surface area contributed by atoms with Gasteiger partial charge in [-0.2, -0.15) is 8.61 Å². The number of nitrogens with zero attached hydrogens (tertiary/aromatic N) is 2. The molecule has 1 saturated heterocycles. The molecule has 158 valence electrons. The number of carbonyl (C=O) groups is 1. The lowest BCUT2D eigenvalue weighted by molar-refractivity contribution is -0.160. The molecule has 1 aliphatic rings. The van der Waals surface area contributed by atoms with Crippen LogP contribution in [0.15, 0.2) is 34.1 Å². The lowest BCUT2D eigenvalue weighted by Gasteiger charge is -2.30. The SMILES string of the molecule is CCOC(=O)C1CN(S(=O)(=O)c2ccc(S(=O)(=O)N(CC)CC)cc2)CCO1.